The maximum absolute atomic E-state index is 11.9. The Kier molecular flexibility index (Phi) is 5.04. The lowest BCUT2D eigenvalue weighted by molar-refractivity contribution is -0.123. The van der Waals surface area contributed by atoms with E-state index in [0.29, 0.717) is 5.71 Å². The molecule has 0 radical (unpaired) electrons. The first kappa shape index (κ1) is 14.4. The van der Waals surface area contributed by atoms with Crippen LogP contribution in [0.1, 0.15) is 26.3 Å². The summed E-state index contributed by atoms with van der Waals surface area (Å²) < 4.78 is 5.09. The molecule has 0 aliphatic carbocycles. The summed E-state index contributed by atoms with van der Waals surface area (Å²) in [4.78, 5) is 11.9. The van der Waals surface area contributed by atoms with Crippen LogP contribution in [0, 0.1) is 6.92 Å². The van der Waals surface area contributed by atoms with Crippen molar-refractivity contribution < 1.29 is 9.53 Å². The summed E-state index contributed by atoms with van der Waals surface area (Å²) in [7, 11) is 1.51. The smallest absolute Gasteiger partial charge is 0.282 e. The van der Waals surface area contributed by atoms with Crippen molar-refractivity contribution in [3.05, 3.63) is 29.8 Å². The molecule has 18 heavy (non-hydrogen) atoms. The number of amides is 1. The summed E-state index contributed by atoms with van der Waals surface area (Å²) in [5, 5.41) is 5.59. The fourth-order valence-corrected chi connectivity index (χ4v) is 1.69. The number of anilines is 1. The largest absolute Gasteiger partial charge is 0.365 e. The highest BCUT2D eigenvalue weighted by atomic mass is 16.5. The Morgan fingerprint density at radius 1 is 1.17 bits per heavy atom. The highest BCUT2D eigenvalue weighted by Gasteiger charge is 2.34. The first-order valence-corrected chi connectivity index (χ1v) is 6.12. The molecular weight excluding hydrogens is 228 g/mol. The van der Waals surface area contributed by atoms with E-state index in [-0.39, 0.29) is 5.91 Å². The summed E-state index contributed by atoms with van der Waals surface area (Å²) in [6.45, 7) is 7.79. The minimum atomic E-state index is -0.540. The maximum atomic E-state index is 11.9. The molecule has 0 saturated heterocycles. The van der Waals surface area contributed by atoms with Crippen molar-refractivity contribution in [3.8, 4) is 0 Å². The fourth-order valence-electron chi connectivity index (χ4n) is 1.69. The Bertz CT molecular complexity index is 438. The van der Waals surface area contributed by atoms with Crippen LogP contribution in [-0.4, -0.2) is 24.8 Å². The molecule has 98 valence electrons. The molecule has 1 aliphatic heterocycles. The van der Waals surface area contributed by atoms with E-state index in [1.54, 1.807) is 6.92 Å². The SMILES string of the molecule is CC.COC1C(=O)N(c2ccc(C)cc2)N=C1C. The number of hydrogen-bond acceptors (Lipinski definition) is 3. The Labute approximate surface area is 108 Å². The molecular formula is C14H20N2O2. The first-order chi connectivity index (χ1) is 8.63. The van der Waals surface area contributed by atoms with Gasteiger partial charge in [-0.05, 0) is 26.0 Å². The third kappa shape index (κ3) is 2.76. The Morgan fingerprint density at radius 3 is 2.17 bits per heavy atom. The van der Waals surface area contributed by atoms with Crippen LogP contribution in [0.3, 0.4) is 0 Å². The summed E-state index contributed by atoms with van der Waals surface area (Å²) >= 11 is 0. The number of ether oxygens (including phenoxy) is 1. The van der Waals surface area contributed by atoms with Gasteiger partial charge in [-0.3, -0.25) is 4.79 Å². The van der Waals surface area contributed by atoms with Crippen molar-refractivity contribution in [1.82, 2.24) is 0 Å². The average molecular weight is 248 g/mol. The van der Waals surface area contributed by atoms with Crippen LogP contribution >= 0.6 is 0 Å². The van der Waals surface area contributed by atoms with Crippen LogP contribution in [-0.2, 0) is 9.53 Å². The normalized spacial score (nSPS) is 18.3. The van der Waals surface area contributed by atoms with E-state index in [4.69, 9.17) is 4.74 Å². The highest BCUT2D eigenvalue weighted by Crippen LogP contribution is 2.22. The predicted molar refractivity (Wildman–Crippen MR) is 73.9 cm³/mol. The maximum Gasteiger partial charge on any atom is 0.282 e. The summed E-state index contributed by atoms with van der Waals surface area (Å²) in [5.41, 5.74) is 2.61. The molecule has 1 heterocycles. The molecule has 4 nitrogen and oxygen atoms in total. The summed E-state index contributed by atoms with van der Waals surface area (Å²) in [6.07, 6.45) is -0.540. The number of carbonyl (C=O) groups excluding carboxylic acids is 1. The van der Waals surface area contributed by atoms with Crippen LogP contribution in [0.5, 0.6) is 0 Å². The molecule has 0 fully saturated rings. The minimum absolute atomic E-state index is 0.135. The first-order valence-electron chi connectivity index (χ1n) is 6.12. The summed E-state index contributed by atoms with van der Waals surface area (Å²) in [6, 6.07) is 7.66. The molecule has 0 spiro atoms. The molecule has 1 atom stereocenters. The molecule has 1 unspecified atom stereocenters. The van der Waals surface area contributed by atoms with E-state index in [0.717, 1.165) is 11.3 Å². The van der Waals surface area contributed by atoms with E-state index in [9.17, 15) is 4.79 Å². The molecule has 0 bridgehead atoms. The highest BCUT2D eigenvalue weighted by molar-refractivity contribution is 6.17. The number of carbonyl (C=O) groups is 1. The van der Waals surface area contributed by atoms with Gasteiger partial charge in [-0.2, -0.15) is 10.1 Å². The monoisotopic (exact) mass is 248 g/mol. The van der Waals surface area contributed by atoms with Crippen LogP contribution < -0.4 is 5.01 Å². The van der Waals surface area contributed by atoms with Gasteiger partial charge in [0.15, 0.2) is 6.10 Å². The molecule has 1 amide bonds. The van der Waals surface area contributed by atoms with Gasteiger partial charge in [0.2, 0.25) is 0 Å². The predicted octanol–water partition coefficient (Wildman–Crippen LogP) is 2.76. The van der Waals surface area contributed by atoms with Crippen LogP contribution in [0.4, 0.5) is 5.69 Å². The number of hydrogen-bond donors (Lipinski definition) is 0. The van der Waals surface area contributed by atoms with Crippen molar-refractivity contribution in [3.63, 3.8) is 0 Å². The molecule has 2 rings (SSSR count). The van der Waals surface area contributed by atoms with Crippen molar-refractivity contribution in [1.29, 1.82) is 0 Å². The quantitative estimate of drug-likeness (QED) is 0.807. The van der Waals surface area contributed by atoms with Gasteiger partial charge in [0.05, 0.1) is 11.4 Å². The van der Waals surface area contributed by atoms with Crippen molar-refractivity contribution >= 4 is 17.3 Å². The standard InChI is InChI=1S/C12H14N2O2.C2H6/c1-8-4-6-10(7-5-8)14-12(15)11(16-3)9(2)13-14;1-2/h4-7,11H,1-3H3;1-2H3. The number of hydrazone groups is 1. The third-order valence-corrected chi connectivity index (χ3v) is 2.58. The number of methoxy groups -OCH3 is 1. The molecule has 0 N–H and O–H groups in total. The van der Waals surface area contributed by atoms with Gasteiger partial charge in [-0.15, -0.1) is 0 Å². The molecule has 4 heteroatoms. The van der Waals surface area contributed by atoms with Gasteiger partial charge in [0.1, 0.15) is 0 Å². The fraction of sp³-hybridized carbons (Fsp3) is 0.429. The van der Waals surface area contributed by atoms with E-state index < -0.39 is 6.10 Å². The average Bonchev–Trinajstić information content (AvgIpc) is 2.68. The van der Waals surface area contributed by atoms with E-state index in [1.165, 1.54) is 12.1 Å². The van der Waals surface area contributed by atoms with Crippen LogP contribution in [0.2, 0.25) is 0 Å². The van der Waals surface area contributed by atoms with Crippen LogP contribution in [0.15, 0.2) is 29.4 Å². The van der Waals surface area contributed by atoms with Crippen LogP contribution in [0.25, 0.3) is 0 Å². The minimum Gasteiger partial charge on any atom is -0.365 e. The van der Waals surface area contributed by atoms with Crippen molar-refractivity contribution in [2.75, 3.05) is 12.1 Å². The zero-order valence-corrected chi connectivity index (χ0v) is 11.6. The van der Waals surface area contributed by atoms with Crippen molar-refractivity contribution in [2.24, 2.45) is 5.10 Å². The lowest BCUT2D eigenvalue weighted by Crippen LogP contribution is -2.32. The molecule has 0 aromatic heterocycles. The number of benzene rings is 1. The number of nitrogens with zero attached hydrogens (tertiary/aromatic N) is 2. The third-order valence-electron chi connectivity index (χ3n) is 2.58. The Hall–Kier alpha value is -1.68. The molecule has 1 aliphatic rings. The van der Waals surface area contributed by atoms with Gasteiger partial charge in [-0.1, -0.05) is 31.5 Å². The molecule has 1 aromatic carbocycles. The van der Waals surface area contributed by atoms with Gasteiger partial charge in [-0.25, -0.2) is 0 Å². The van der Waals surface area contributed by atoms with Gasteiger partial charge >= 0.3 is 0 Å². The second kappa shape index (κ2) is 6.31. The number of rotatable bonds is 2. The van der Waals surface area contributed by atoms with E-state index >= 15 is 0 Å². The molecule has 1 aromatic rings. The molecule has 0 saturated carbocycles. The zero-order valence-electron chi connectivity index (χ0n) is 11.6. The second-order valence-corrected chi connectivity index (χ2v) is 3.84. The van der Waals surface area contributed by atoms with Gasteiger partial charge in [0.25, 0.3) is 5.91 Å². The van der Waals surface area contributed by atoms with Crippen molar-refractivity contribution in [2.45, 2.75) is 33.8 Å². The Balaban J connectivity index is 0.000000771. The lowest BCUT2D eigenvalue weighted by Gasteiger charge is -2.13. The van der Waals surface area contributed by atoms with E-state index in [1.807, 2.05) is 45.0 Å². The second-order valence-electron chi connectivity index (χ2n) is 3.84. The summed E-state index contributed by atoms with van der Waals surface area (Å²) in [5.74, 6) is -0.135. The Morgan fingerprint density at radius 2 is 1.72 bits per heavy atom. The van der Waals surface area contributed by atoms with Gasteiger partial charge < -0.3 is 4.74 Å². The van der Waals surface area contributed by atoms with E-state index in [2.05, 4.69) is 5.10 Å². The topological polar surface area (TPSA) is 41.9 Å². The number of aryl methyl sites for hydroxylation is 1. The van der Waals surface area contributed by atoms with Gasteiger partial charge in [0, 0.05) is 7.11 Å². The zero-order chi connectivity index (χ0) is 13.7. The lowest BCUT2D eigenvalue weighted by atomic mass is 10.2.